The minimum absolute atomic E-state index is 0.0952. The van der Waals surface area contributed by atoms with Crippen molar-refractivity contribution in [3.63, 3.8) is 0 Å². The number of rotatable bonds is 4. The summed E-state index contributed by atoms with van der Waals surface area (Å²) in [6.45, 7) is 2.40. The van der Waals surface area contributed by atoms with Crippen LogP contribution in [0.5, 0.6) is 0 Å². The Morgan fingerprint density at radius 2 is 1.83 bits per heavy atom. The van der Waals surface area contributed by atoms with Crippen molar-refractivity contribution < 1.29 is 9.18 Å². The lowest BCUT2D eigenvalue weighted by atomic mass is 10.3. The first kappa shape index (κ1) is 19.5. The van der Waals surface area contributed by atoms with Gasteiger partial charge in [-0.05, 0) is 85.4 Å². The van der Waals surface area contributed by atoms with Crippen molar-refractivity contribution in [2.75, 3.05) is 6.54 Å². The van der Waals surface area contributed by atoms with Gasteiger partial charge in [0.1, 0.15) is 5.82 Å². The number of nitrogens with zero attached hydrogens (tertiary/aromatic N) is 3. The number of carbonyl (C=O) groups excluding carboxylic acids is 1. The lowest BCUT2D eigenvalue weighted by Crippen LogP contribution is -2.28. The third-order valence-corrected chi connectivity index (χ3v) is 5.68. The van der Waals surface area contributed by atoms with Gasteiger partial charge >= 0.3 is 0 Å². The quantitative estimate of drug-likeness (QED) is 0.488. The van der Waals surface area contributed by atoms with Crippen LogP contribution in [-0.2, 0) is 4.79 Å². The second kappa shape index (κ2) is 8.27. The van der Waals surface area contributed by atoms with E-state index in [9.17, 15) is 9.18 Å². The van der Waals surface area contributed by atoms with Crippen molar-refractivity contribution in [3.05, 3.63) is 88.3 Å². The summed E-state index contributed by atoms with van der Waals surface area (Å²) in [6, 6.07) is 17.3. The second-order valence-corrected chi connectivity index (χ2v) is 7.76. The number of hydrogen-bond donors (Lipinski definition) is 0. The maximum atomic E-state index is 13.1. The SMILES string of the molecule is CCN1C(=O)/C(=C\c2cccn2-c2ccc(Cl)cc2)SC1=Nc1ccc(F)cc1. The Labute approximate surface area is 177 Å². The van der Waals surface area contributed by atoms with Crippen LogP contribution >= 0.6 is 23.4 Å². The summed E-state index contributed by atoms with van der Waals surface area (Å²) >= 11 is 7.30. The predicted molar refractivity (Wildman–Crippen MR) is 117 cm³/mol. The molecule has 0 radical (unpaired) electrons. The van der Waals surface area contributed by atoms with Gasteiger partial charge in [0.2, 0.25) is 0 Å². The molecule has 29 heavy (non-hydrogen) atoms. The van der Waals surface area contributed by atoms with E-state index in [0.717, 1.165) is 11.4 Å². The topological polar surface area (TPSA) is 37.6 Å². The predicted octanol–water partition coefficient (Wildman–Crippen LogP) is 5.89. The smallest absolute Gasteiger partial charge is 0.266 e. The molecule has 2 aromatic carbocycles. The van der Waals surface area contributed by atoms with E-state index >= 15 is 0 Å². The molecule has 4 nitrogen and oxygen atoms in total. The van der Waals surface area contributed by atoms with E-state index in [-0.39, 0.29) is 11.7 Å². The number of aromatic nitrogens is 1. The van der Waals surface area contributed by atoms with E-state index in [1.165, 1.54) is 23.9 Å². The highest BCUT2D eigenvalue weighted by Gasteiger charge is 2.32. The van der Waals surface area contributed by atoms with Gasteiger partial charge in [-0.1, -0.05) is 11.6 Å². The van der Waals surface area contributed by atoms with Gasteiger partial charge in [-0.2, -0.15) is 0 Å². The monoisotopic (exact) mass is 425 g/mol. The van der Waals surface area contributed by atoms with Crippen LogP contribution in [0.4, 0.5) is 10.1 Å². The molecule has 2 heterocycles. The molecule has 146 valence electrons. The molecule has 0 bridgehead atoms. The Hall–Kier alpha value is -2.83. The number of amides is 1. The summed E-state index contributed by atoms with van der Waals surface area (Å²) in [5.74, 6) is -0.415. The van der Waals surface area contributed by atoms with E-state index in [1.807, 2.05) is 60.2 Å². The van der Waals surface area contributed by atoms with Crippen LogP contribution in [0.2, 0.25) is 5.02 Å². The number of halogens is 2. The fraction of sp³-hybridized carbons (Fsp3) is 0.0909. The fourth-order valence-electron chi connectivity index (χ4n) is 2.98. The number of benzene rings is 2. The minimum Gasteiger partial charge on any atom is -0.317 e. The molecule has 0 spiro atoms. The van der Waals surface area contributed by atoms with E-state index < -0.39 is 0 Å². The summed E-state index contributed by atoms with van der Waals surface area (Å²) in [4.78, 5) is 19.6. The van der Waals surface area contributed by atoms with Gasteiger partial charge in [0.25, 0.3) is 5.91 Å². The third-order valence-electron chi connectivity index (χ3n) is 4.42. The average Bonchev–Trinajstić information content (AvgIpc) is 3.29. The molecule has 1 fully saturated rings. The molecule has 0 aliphatic carbocycles. The first-order valence-corrected chi connectivity index (χ1v) is 10.2. The first-order valence-electron chi connectivity index (χ1n) is 9.04. The highest BCUT2D eigenvalue weighted by molar-refractivity contribution is 8.18. The van der Waals surface area contributed by atoms with E-state index in [4.69, 9.17) is 11.6 Å². The van der Waals surface area contributed by atoms with Crippen LogP contribution in [0.3, 0.4) is 0 Å². The van der Waals surface area contributed by atoms with Crippen molar-refractivity contribution in [1.29, 1.82) is 0 Å². The van der Waals surface area contributed by atoms with Gasteiger partial charge in [0, 0.05) is 29.1 Å². The van der Waals surface area contributed by atoms with Crippen LogP contribution in [0.25, 0.3) is 11.8 Å². The molecular formula is C22H17ClFN3OS. The Morgan fingerprint density at radius 3 is 2.52 bits per heavy atom. The van der Waals surface area contributed by atoms with Crippen LogP contribution in [-0.4, -0.2) is 27.1 Å². The van der Waals surface area contributed by atoms with Crippen LogP contribution in [0.15, 0.2) is 76.8 Å². The lowest BCUT2D eigenvalue weighted by molar-refractivity contribution is -0.122. The van der Waals surface area contributed by atoms with Crippen molar-refractivity contribution >= 4 is 46.2 Å². The summed E-state index contributed by atoms with van der Waals surface area (Å²) in [5, 5.41) is 1.25. The second-order valence-electron chi connectivity index (χ2n) is 6.31. The molecule has 7 heteroatoms. The lowest BCUT2D eigenvalue weighted by Gasteiger charge is -2.12. The fourth-order valence-corrected chi connectivity index (χ4v) is 4.15. The number of carbonyl (C=O) groups is 1. The molecule has 3 aromatic rings. The molecule has 1 aromatic heterocycles. The number of amidine groups is 1. The normalized spacial score (nSPS) is 16.9. The molecule has 0 N–H and O–H groups in total. The summed E-state index contributed by atoms with van der Waals surface area (Å²) < 4.78 is 15.1. The van der Waals surface area contributed by atoms with Gasteiger partial charge in [-0.15, -0.1) is 0 Å². The molecular weight excluding hydrogens is 409 g/mol. The highest BCUT2D eigenvalue weighted by Crippen LogP contribution is 2.34. The number of thioether (sulfide) groups is 1. The van der Waals surface area contributed by atoms with Crippen molar-refractivity contribution in [2.45, 2.75) is 6.92 Å². The molecule has 4 rings (SSSR count). The third kappa shape index (κ3) is 4.13. The maximum Gasteiger partial charge on any atom is 0.266 e. The molecule has 0 saturated carbocycles. The van der Waals surface area contributed by atoms with E-state index in [0.29, 0.717) is 27.3 Å². The zero-order valence-corrected chi connectivity index (χ0v) is 17.1. The molecule has 0 atom stereocenters. The van der Waals surface area contributed by atoms with Crippen LogP contribution in [0.1, 0.15) is 12.6 Å². The van der Waals surface area contributed by atoms with Crippen molar-refractivity contribution in [1.82, 2.24) is 9.47 Å². The standard InChI is InChI=1S/C22H17ClFN3OS/c1-2-26-21(28)20(29-22(26)25-17-9-7-16(24)8-10-17)14-19-4-3-13-27(19)18-11-5-15(23)6-12-18/h3-14H,2H2,1H3/b20-14+,25-22?. The van der Waals surface area contributed by atoms with Gasteiger partial charge in [0.15, 0.2) is 5.17 Å². The Balaban J connectivity index is 1.67. The zero-order valence-electron chi connectivity index (χ0n) is 15.5. The van der Waals surface area contributed by atoms with Gasteiger partial charge in [-0.3, -0.25) is 9.69 Å². The number of likely N-dealkylation sites (N-methyl/N-ethyl adjacent to an activating group) is 1. The van der Waals surface area contributed by atoms with Crippen LogP contribution in [0, 0.1) is 5.82 Å². The van der Waals surface area contributed by atoms with E-state index in [1.54, 1.807) is 17.0 Å². The molecule has 0 unspecified atom stereocenters. The average molecular weight is 426 g/mol. The molecule has 1 aliphatic heterocycles. The summed E-state index contributed by atoms with van der Waals surface area (Å²) in [7, 11) is 0. The van der Waals surface area contributed by atoms with Crippen molar-refractivity contribution in [2.24, 2.45) is 4.99 Å². The zero-order chi connectivity index (χ0) is 20.4. The largest absolute Gasteiger partial charge is 0.317 e. The Kier molecular flexibility index (Phi) is 5.56. The number of hydrogen-bond acceptors (Lipinski definition) is 3. The van der Waals surface area contributed by atoms with Gasteiger partial charge < -0.3 is 4.57 Å². The van der Waals surface area contributed by atoms with E-state index in [2.05, 4.69) is 4.99 Å². The summed E-state index contributed by atoms with van der Waals surface area (Å²) in [5.41, 5.74) is 2.43. The minimum atomic E-state index is -0.319. The maximum absolute atomic E-state index is 13.1. The molecule has 1 saturated heterocycles. The molecule has 1 amide bonds. The highest BCUT2D eigenvalue weighted by atomic mass is 35.5. The molecule has 1 aliphatic rings. The first-order chi connectivity index (χ1) is 14.0. The number of aliphatic imine (C=N–C) groups is 1. The summed E-state index contributed by atoms with van der Waals surface area (Å²) in [6.07, 6.45) is 3.79. The van der Waals surface area contributed by atoms with Gasteiger partial charge in [0.05, 0.1) is 10.6 Å². The van der Waals surface area contributed by atoms with Gasteiger partial charge in [-0.25, -0.2) is 9.38 Å². The van der Waals surface area contributed by atoms with Crippen LogP contribution < -0.4 is 0 Å². The Bertz CT molecular complexity index is 1100. The van der Waals surface area contributed by atoms with Crippen molar-refractivity contribution in [3.8, 4) is 5.69 Å². The Morgan fingerprint density at radius 1 is 1.10 bits per heavy atom.